The first kappa shape index (κ1) is 16.2. The highest BCUT2D eigenvalue weighted by molar-refractivity contribution is 5.96. The largest absolute Gasteiger partial charge is 0.352 e. The summed E-state index contributed by atoms with van der Waals surface area (Å²) in [5.74, 6) is -0.322. The van der Waals surface area contributed by atoms with E-state index in [9.17, 15) is 9.59 Å². The zero-order valence-electron chi connectivity index (χ0n) is 12.3. The SMILES string of the molecule is CC(C)NC(=O)CN(C)C(=O)c1cccc(CCN)c1. The van der Waals surface area contributed by atoms with Gasteiger partial charge in [0.05, 0.1) is 6.54 Å². The van der Waals surface area contributed by atoms with E-state index < -0.39 is 0 Å². The minimum Gasteiger partial charge on any atom is -0.352 e. The summed E-state index contributed by atoms with van der Waals surface area (Å²) in [7, 11) is 1.62. The Morgan fingerprint density at radius 1 is 1.35 bits per heavy atom. The molecule has 0 bridgehead atoms. The molecule has 3 N–H and O–H groups in total. The molecule has 1 rings (SSSR count). The molecule has 0 fully saturated rings. The van der Waals surface area contributed by atoms with Gasteiger partial charge in [0.15, 0.2) is 0 Å². The van der Waals surface area contributed by atoms with Crippen molar-refractivity contribution >= 4 is 11.8 Å². The first-order valence-electron chi connectivity index (χ1n) is 6.78. The average Bonchev–Trinajstić information content (AvgIpc) is 2.37. The second kappa shape index (κ2) is 7.65. The Morgan fingerprint density at radius 3 is 2.65 bits per heavy atom. The second-order valence-electron chi connectivity index (χ2n) is 5.12. The molecule has 0 saturated heterocycles. The van der Waals surface area contributed by atoms with E-state index in [1.807, 2.05) is 32.0 Å². The quantitative estimate of drug-likeness (QED) is 0.807. The summed E-state index contributed by atoms with van der Waals surface area (Å²) in [5, 5.41) is 2.76. The van der Waals surface area contributed by atoms with Crippen LogP contribution in [0.3, 0.4) is 0 Å². The van der Waals surface area contributed by atoms with Crippen LogP contribution in [0.25, 0.3) is 0 Å². The fourth-order valence-corrected chi connectivity index (χ4v) is 1.90. The summed E-state index contributed by atoms with van der Waals surface area (Å²) >= 11 is 0. The number of hydrogen-bond acceptors (Lipinski definition) is 3. The van der Waals surface area contributed by atoms with E-state index in [-0.39, 0.29) is 24.4 Å². The predicted octanol–water partition coefficient (Wildman–Crippen LogP) is 0.784. The van der Waals surface area contributed by atoms with E-state index in [1.165, 1.54) is 4.90 Å². The summed E-state index contributed by atoms with van der Waals surface area (Å²) in [6, 6.07) is 7.42. The molecule has 2 amide bonds. The molecule has 0 unspecified atom stereocenters. The number of benzene rings is 1. The molecule has 0 aliphatic rings. The first-order chi connectivity index (χ1) is 9.43. The fourth-order valence-electron chi connectivity index (χ4n) is 1.90. The lowest BCUT2D eigenvalue weighted by Gasteiger charge is -2.18. The number of rotatable bonds is 6. The van der Waals surface area contributed by atoms with Crippen LogP contribution in [0.1, 0.15) is 29.8 Å². The van der Waals surface area contributed by atoms with E-state index in [4.69, 9.17) is 5.73 Å². The fraction of sp³-hybridized carbons (Fsp3) is 0.467. The molecule has 0 spiro atoms. The van der Waals surface area contributed by atoms with Gasteiger partial charge in [0.25, 0.3) is 5.91 Å². The third-order valence-electron chi connectivity index (χ3n) is 2.78. The van der Waals surface area contributed by atoms with Crippen molar-refractivity contribution in [3.05, 3.63) is 35.4 Å². The standard InChI is InChI=1S/C15H23N3O2/c1-11(2)17-14(19)10-18(3)15(20)13-6-4-5-12(9-13)7-8-16/h4-6,9,11H,7-8,10,16H2,1-3H3,(H,17,19). The number of nitrogens with one attached hydrogen (secondary N) is 1. The number of carbonyl (C=O) groups is 2. The van der Waals surface area contributed by atoms with E-state index in [0.717, 1.165) is 12.0 Å². The van der Waals surface area contributed by atoms with Crippen molar-refractivity contribution in [1.82, 2.24) is 10.2 Å². The van der Waals surface area contributed by atoms with E-state index in [2.05, 4.69) is 5.32 Å². The van der Waals surface area contributed by atoms with Crippen molar-refractivity contribution in [3.63, 3.8) is 0 Å². The van der Waals surface area contributed by atoms with Gasteiger partial charge >= 0.3 is 0 Å². The van der Waals surface area contributed by atoms with Gasteiger partial charge in [0, 0.05) is 18.7 Å². The van der Waals surface area contributed by atoms with Crippen LogP contribution < -0.4 is 11.1 Å². The smallest absolute Gasteiger partial charge is 0.254 e. The molecule has 110 valence electrons. The van der Waals surface area contributed by atoms with E-state index >= 15 is 0 Å². The summed E-state index contributed by atoms with van der Waals surface area (Å²) in [6.07, 6.45) is 0.735. The molecular formula is C15H23N3O2. The molecule has 20 heavy (non-hydrogen) atoms. The summed E-state index contributed by atoms with van der Waals surface area (Å²) < 4.78 is 0. The van der Waals surface area contributed by atoms with Crippen LogP contribution in [-0.4, -0.2) is 42.9 Å². The minimum atomic E-state index is -0.164. The topological polar surface area (TPSA) is 75.4 Å². The van der Waals surface area contributed by atoms with Gasteiger partial charge in [-0.25, -0.2) is 0 Å². The average molecular weight is 277 g/mol. The van der Waals surface area contributed by atoms with Gasteiger partial charge in [-0.15, -0.1) is 0 Å². The maximum atomic E-state index is 12.2. The lowest BCUT2D eigenvalue weighted by Crippen LogP contribution is -2.40. The van der Waals surface area contributed by atoms with Gasteiger partial charge in [-0.3, -0.25) is 9.59 Å². The highest BCUT2D eigenvalue weighted by Crippen LogP contribution is 2.08. The van der Waals surface area contributed by atoms with Crippen LogP contribution in [0.15, 0.2) is 24.3 Å². The van der Waals surface area contributed by atoms with Gasteiger partial charge in [-0.1, -0.05) is 12.1 Å². The molecule has 0 heterocycles. The van der Waals surface area contributed by atoms with Crippen LogP contribution >= 0.6 is 0 Å². The summed E-state index contributed by atoms with van der Waals surface area (Å²) in [6.45, 7) is 4.37. The molecule has 0 radical (unpaired) electrons. The first-order valence-corrected chi connectivity index (χ1v) is 6.78. The van der Waals surface area contributed by atoms with Crippen LogP contribution in [0.5, 0.6) is 0 Å². The van der Waals surface area contributed by atoms with Crippen molar-refractivity contribution in [3.8, 4) is 0 Å². The molecular weight excluding hydrogens is 254 g/mol. The number of nitrogens with zero attached hydrogens (tertiary/aromatic N) is 1. The minimum absolute atomic E-state index is 0.0537. The molecule has 0 aliphatic heterocycles. The Labute approximate surface area is 120 Å². The van der Waals surface area contributed by atoms with Gasteiger partial charge in [-0.05, 0) is 44.5 Å². The lowest BCUT2D eigenvalue weighted by molar-refractivity contribution is -0.122. The Kier molecular flexibility index (Phi) is 6.18. The number of amides is 2. The van der Waals surface area contributed by atoms with Crippen LogP contribution in [0.4, 0.5) is 0 Å². The second-order valence-corrected chi connectivity index (χ2v) is 5.12. The molecule has 0 saturated carbocycles. The van der Waals surface area contributed by atoms with E-state index in [1.54, 1.807) is 13.1 Å². The summed E-state index contributed by atoms with van der Waals surface area (Å²) in [4.78, 5) is 25.3. The Morgan fingerprint density at radius 2 is 2.05 bits per heavy atom. The van der Waals surface area contributed by atoms with Gasteiger partial charge < -0.3 is 16.0 Å². The van der Waals surface area contributed by atoms with Crippen molar-refractivity contribution in [2.45, 2.75) is 26.3 Å². The van der Waals surface area contributed by atoms with Crippen molar-refractivity contribution < 1.29 is 9.59 Å². The van der Waals surface area contributed by atoms with Gasteiger partial charge in [-0.2, -0.15) is 0 Å². The monoisotopic (exact) mass is 277 g/mol. The Balaban J connectivity index is 2.68. The van der Waals surface area contributed by atoms with Crippen LogP contribution in [0.2, 0.25) is 0 Å². The zero-order chi connectivity index (χ0) is 15.1. The molecule has 0 aromatic heterocycles. The number of likely N-dealkylation sites (N-methyl/N-ethyl adjacent to an activating group) is 1. The predicted molar refractivity (Wildman–Crippen MR) is 79.4 cm³/mol. The summed E-state index contributed by atoms with van der Waals surface area (Å²) in [5.41, 5.74) is 7.12. The Bertz CT molecular complexity index is 472. The molecule has 5 heteroatoms. The lowest BCUT2D eigenvalue weighted by atomic mass is 10.1. The van der Waals surface area contributed by atoms with Gasteiger partial charge in [0.2, 0.25) is 5.91 Å². The zero-order valence-corrected chi connectivity index (χ0v) is 12.3. The maximum Gasteiger partial charge on any atom is 0.254 e. The van der Waals surface area contributed by atoms with Crippen molar-refractivity contribution in [2.24, 2.45) is 5.73 Å². The third-order valence-corrected chi connectivity index (χ3v) is 2.78. The number of carbonyl (C=O) groups excluding carboxylic acids is 2. The maximum absolute atomic E-state index is 12.2. The highest BCUT2D eigenvalue weighted by atomic mass is 16.2. The number of hydrogen-bond donors (Lipinski definition) is 2. The number of nitrogens with two attached hydrogens (primary N) is 1. The van der Waals surface area contributed by atoms with Crippen molar-refractivity contribution in [2.75, 3.05) is 20.1 Å². The highest BCUT2D eigenvalue weighted by Gasteiger charge is 2.15. The molecule has 0 aliphatic carbocycles. The van der Waals surface area contributed by atoms with E-state index in [0.29, 0.717) is 12.1 Å². The molecule has 1 aromatic carbocycles. The third kappa shape index (κ3) is 5.01. The van der Waals surface area contributed by atoms with Crippen LogP contribution in [0, 0.1) is 0 Å². The normalized spacial score (nSPS) is 10.4. The molecule has 5 nitrogen and oxygen atoms in total. The Hall–Kier alpha value is -1.88. The van der Waals surface area contributed by atoms with Crippen molar-refractivity contribution in [1.29, 1.82) is 0 Å². The molecule has 1 aromatic rings. The molecule has 0 atom stereocenters. The van der Waals surface area contributed by atoms with Crippen LogP contribution in [-0.2, 0) is 11.2 Å². The van der Waals surface area contributed by atoms with Gasteiger partial charge in [0.1, 0.15) is 0 Å².